The van der Waals surface area contributed by atoms with E-state index in [1.165, 1.54) is 23.9 Å². The highest BCUT2D eigenvalue weighted by molar-refractivity contribution is 8.18. The molecule has 0 bridgehead atoms. The van der Waals surface area contributed by atoms with Gasteiger partial charge >= 0.3 is 0 Å². The summed E-state index contributed by atoms with van der Waals surface area (Å²) in [5.74, 6) is 0.613. The van der Waals surface area contributed by atoms with Crippen molar-refractivity contribution in [3.63, 3.8) is 0 Å². The number of ether oxygens (including phenoxy) is 2. The molecule has 2 aromatic rings. The molecule has 0 atom stereocenters. The zero-order chi connectivity index (χ0) is 23.4. The number of hydrogen-bond donors (Lipinski definition) is 1. The maximum atomic E-state index is 12.6. The number of rotatable bonds is 8. The van der Waals surface area contributed by atoms with E-state index in [0.29, 0.717) is 22.0 Å². The summed E-state index contributed by atoms with van der Waals surface area (Å²) in [5.41, 5.74) is 0.690. The van der Waals surface area contributed by atoms with E-state index in [9.17, 15) is 24.5 Å². The molecule has 2 aromatic carbocycles. The van der Waals surface area contributed by atoms with E-state index in [1.807, 2.05) is 0 Å². The van der Waals surface area contributed by atoms with E-state index in [0.717, 1.165) is 21.6 Å². The summed E-state index contributed by atoms with van der Waals surface area (Å²) in [4.78, 5) is 49.2. The lowest BCUT2D eigenvalue weighted by molar-refractivity contribution is -0.384. The van der Waals surface area contributed by atoms with Crippen LogP contribution in [0.25, 0.3) is 6.08 Å². The Bertz CT molecular complexity index is 1150. The Morgan fingerprint density at radius 3 is 2.70 bits per heavy atom. The molecular weight excluding hydrogens is 470 g/mol. The maximum Gasteiger partial charge on any atom is 0.293 e. The third-order valence-electron chi connectivity index (χ3n) is 4.64. The highest BCUT2D eigenvalue weighted by atomic mass is 32.2. The number of amides is 3. The minimum Gasteiger partial charge on any atom is -0.454 e. The second kappa shape index (κ2) is 9.96. The van der Waals surface area contributed by atoms with E-state index >= 15 is 0 Å². The molecule has 170 valence electrons. The van der Waals surface area contributed by atoms with Crippen LogP contribution < -0.4 is 14.8 Å². The van der Waals surface area contributed by atoms with Crippen molar-refractivity contribution in [2.75, 3.05) is 25.6 Å². The summed E-state index contributed by atoms with van der Waals surface area (Å²) in [6.45, 7) is 0.319. The summed E-state index contributed by atoms with van der Waals surface area (Å²) in [5, 5.41) is 12.9. The third kappa shape index (κ3) is 5.46. The predicted molar refractivity (Wildman–Crippen MR) is 122 cm³/mol. The van der Waals surface area contributed by atoms with Gasteiger partial charge in [0.1, 0.15) is 0 Å². The van der Waals surface area contributed by atoms with Crippen LogP contribution in [-0.4, -0.2) is 52.5 Å². The van der Waals surface area contributed by atoms with Gasteiger partial charge in [0.25, 0.3) is 16.8 Å². The molecule has 2 heterocycles. The van der Waals surface area contributed by atoms with Crippen LogP contribution in [0.4, 0.5) is 10.5 Å². The normalized spacial score (nSPS) is 15.9. The first-order valence-corrected chi connectivity index (χ1v) is 11.5. The van der Waals surface area contributed by atoms with Gasteiger partial charge in [-0.2, -0.15) is 0 Å². The minimum atomic E-state index is -0.490. The van der Waals surface area contributed by atoms with Crippen molar-refractivity contribution in [1.29, 1.82) is 0 Å². The van der Waals surface area contributed by atoms with Gasteiger partial charge in [0.2, 0.25) is 12.7 Å². The van der Waals surface area contributed by atoms with Crippen molar-refractivity contribution in [3.05, 3.63) is 63.0 Å². The lowest BCUT2D eigenvalue weighted by atomic mass is 10.2. The molecule has 0 unspecified atom stereocenters. The molecule has 33 heavy (non-hydrogen) atoms. The number of fused-ring (bicyclic) bond motifs is 1. The lowest BCUT2D eigenvalue weighted by Gasteiger charge is -2.13. The standard InChI is InChI=1S/C21H17N3O7S2/c25-19(11-32-15-4-2-14(3-5-15)24(28)29)22-7-8-23-20(26)18(33-21(23)27)10-13-1-6-16-17(9-13)31-12-30-16/h1-6,9-10H,7-8,11-12H2,(H,22,25)/b18-10-. The Morgan fingerprint density at radius 1 is 1.18 bits per heavy atom. The van der Waals surface area contributed by atoms with Crippen LogP contribution in [0.2, 0.25) is 0 Å². The van der Waals surface area contributed by atoms with E-state index in [-0.39, 0.29) is 37.2 Å². The molecule has 0 aliphatic carbocycles. The fourth-order valence-corrected chi connectivity index (χ4v) is 4.61. The highest BCUT2D eigenvalue weighted by Crippen LogP contribution is 2.36. The minimum absolute atomic E-state index is 0.0199. The van der Waals surface area contributed by atoms with Gasteiger partial charge in [0.15, 0.2) is 11.5 Å². The molecule has 4 rings (SSSR count). The van der Waals surface area contributed by atoms with Gasteiger partial charge < -0.3 is 14.8 Å². The quantitative estimate of drug-likeness (QED) is 0.258. The van der Waals surface area contributed by atoms with Gasteiger partial charge in [-0.25, -0.2) is 0 Å². The number of benzene rings is 2. The van der Waals surface area contributed by atoms with Gasteiger partial charge in [0.05, 0.1) is 15.6 Å². The zero-order valence-electron chi connectivity index (χ0n) is 17.0. The number of non-ortho nitro benzene ring substituents is 1. The molecule has 2 aliphatic rings. The van der Waals surface area contributed by atoms with Crippen LogP contribution in [0.3, 0.4) is 0 Å². The second-order valence-electron chi connectivity index (χ2n) is 6.84. The topological polar surface area (TPSA) is 128 Å². The Morgan fingerprint density at radius 2 is 1.94 bits per heavy atom. The summed E-state index contributed by atoms with van der Waals surface area (Å²) < 4.78 is 10.6. The van der Waals surface area contributed by atoms with Crippen LogP contribution in [0, 0.1) is 10.1 Å². The molecule has 0 radical (unpaired) electrons. The largest absolute Gasteiger partial charge is 0.454 e. The smallest absolute Gasteiger partial charge is 0.293 e. The van der Waals surface area contributed by atoms with Crippen LogP contribution in [0.15, 0.2) is 52.3 Å². The number of carbonyl (C=O) groups is 3. The molecule has 0 spiro atoms. The van der Waals surface area contributed by atoms with E-state index in [1.54, 1.807) is 36.4 Å². The molecule has 1 fully saturated rings. The molecule has 3 amide bonds. The summed E-state index contributed by atoms with van der Waals surface area (Å²) in [6.07, 6.45) is 1.62. The van der Waals surface area contributed by atoms with Crippen molar-refractivity contribution in [3.8, 4) is 11.5 Å². The third-order valence-corrected chi connectivity index (χ3v) is 6.56. The first kappa shape index (κ1) is 22.7. The van der Waals surface area contributed by atoms with E-state index in [2.05, 4.69) is 5.32 Å². The van der Waals surface area contributed by atoms with Crippen molar-refractivity contribution in [2.24, 2.45) is 0 Å². The maximum absolute atomic E-state index is 12.6. The monoisotopic (exact) mass is 487 g/mol. The average Bonchev–Trinajstić information content (AvgIpc) is 3.37. The van der Waals surface area contributed by atoms with Gasteiger partial charge in [0, 0.05) is 30.1 Å². The SMILES string of the molecule is O=C(CSc1ccc([N+](=O)[O-])cc1)NCCN1C(=O)S/C(=C\c2ccc3c(c2)OCO3)C1=O. The predicted octanol–water partition coefficient (Wildman–Crippen LogP) is 3.27. The Hall–Kier alpha value is -3.51. The molecule has 2 aliphatic heterocycles. The Kier molecular flexibility index (Phi) is 6.84. The van der Waals surface area contributed by atoms with Crippen LogP contribution in [-0.2, 0) is 9.59 Å². The van der Waals surface area contributed by atoms with E-state index in [4.69, 9.17) is 9.47 Å². The van der Waals surface area contributed by atoms with Crippen molar-refractivity contribution in [1.82, 2.24) is 10.2 Å². The summed E-state index contributed by atoms with van der Waals surface area (Å²) >= 11 is 2.07. The van der Waals surface area contributed by atoms with Crippen molar-refractivity contribution in [2.45, 2.75) is 4.90 Å². The van der Waals surface area contributed by atoms with Crippen molar-refractivity contribution >= 4 is 52.3 Å². The second-order valence-corrected chi connectivity index (χ2v) is 8.88. The van der Waals surface area contributed by atoms with Crippen LogP contribution >= 0.6 is 23.5 Å². The van der Waals surface area contributed by atoms with Gasteiger partial charge in [-0.15, -0.1) is 11.8 Å². The van der Waals surface area contributed by atoms with Crippen LogP contribution in [0.5, 0.6) is 11.5 Å². The molecule has 0 aromatic heterocycles. The molecule has 10 nitrogen and oxygen atoms in total. The van der Waals surface area contributed by atoms with E-state index < -0.39 is 16.1 Å². The molecule has 1 saturated heterocycles. The zero-order valence-corrected chi connectivity index (χ0v) is 18.6. The summed E-state index contributed by atoms with van der Waals surface area (Å²) in [7, 11) is 0. The first-order chi connectivity index (χ1) is 15.9. The number of carbonyl (C=O) groups excluding carboxylic acids is 3. The number of imide groups is 1. The summed E-state index contributed by atoms with van der Waals surface area (Å²) in [6, 6.07) is 11.1. The molecule has 12 heteroatoms. The number of nitrogens with one attached hydrogen (secondary N) is 1. The van der Waals surface area contributed by atoms with Gasteiger partial charge in [-0.1, -0.05) is 6.07 Å². The van der Waals surface area contributed by atoms with Gasteiger partial charge in [-0.3, -0.25) is 29.4 Å². The highest BCUT2D eigenvalue weighted by Gasteiger charge is 2.34. The Labute approximate surface area is 196 Å². The van der Waals surface area contributed by atoms with Gasteiger partial charge in [-0.05, 0) is 47.7 Å². The fourth-order valence-electron chi connectivity index (χ4n) is 3.02. The molecular formula is C21H17N3O7S2. The number of nitro benzene ring substituents is 1. The number of nitrogens with zero attached hydrogens (tertiary/aromatic N) is 2. The van der Waals surface area contributed by atoms with Crippen molar-refractivity contribution < 1.29 is 28.8 Å². The number of hydrogen-bond acceptors (Lipinski definition) is 9. The number of nitro groups is 1. The van der Waals surface area contributed by atoms with Crippen LogP contribution in [0.1, 0.15) is 5.56 Å². The number of thioether (sulfide) groups is 2. The average molecular weight is 488 g/mol. The molecule has 1 N–H and O–H groups in total. The lowest BCUT2D eigenvalue weighted by Crippen LogP contribution is -2.37. The first-order valence-electron chi connectivity index (χ1n) is 9.70. The molecule has 0 saturated carbocycles. The Balaban J connectivity index is 1.25. The fraction of sp³-hybridized carbons (Fsp3) is 0.190.